The number of hydrogen-bond acceptors (Lipinski definition) is 1. The molecule has 92 valence electrons. The predicted molar refractivity (Wildman–Crippen MR) is 55.1 cm³/mol. The van der Waals surface area contributed by atoms with Gasteiger partial charge < -0.3 is 5.11 Å². The van der Waals surface area contributed by atoms with E-state index in [4.69, 9.17) is 5.11 Å². The van der Waals surface area contributed by atoms with Crippen molar-refractivity contribution in [2.45, 2.75) is 31.4 Å². The van der Waals surface area contributed by atoms with Crippen LogP contribution in [-0.2, 0) is 5.41 Å². The first-order chi connectivity index (χ1) is 7.78. The number of aryl methyl sites for hydroxylation is 1. The van der Waals surface area contributed by atoms with Crippen molar-refractivity contribution < 1.29 is 23.1 Å². The molecule has 0 heterocycles. The second-order valence-corrected chi connectivity index (χ2v) is 4.41. The van der Waals surface area contributed by atoms with E-state index in [2.05, 4.69) is 0 Å². The Bertz CT molecular complexity index is 473. The van der Waals surface area contributed by atoms with Crippen molar-refractivity contribution in [2.24, 2.45) is 0 Å². The summed E-state index contributed by atoms with van der Waals surface area (Å²) in [6.45, 7) is 1.51. The van der Waals surface area contributed by atoms with E-state index in [0.717, 1.165) is 0 Å². The van der Waals surface area contributed by atoms with Gasteiger partial charge in [-0.2, -0.15) is 13.2 Å². The molecule has 0 amide bonds. The maximum atomic E-state index is 12.9. The van der Waals surface area contributed by atoms with Crippen LogP contribution in [-0.4, -0.2) is 17.3 Å². The van der Waals surface area contributed by atoms with Gasteiger partial charge in [-0.05, 0) is 37.0 Å². The predicted octanol–water partition coefficient (Wildman–Crippen LogP) is 3.29. The summed E-state index contributed by atoms with van der Waals surface area (Å²) in [5.74, 6) is -1.12. The minimum Gasteiger partial charge on any atom is -0.478 e. The van der Waals surface area contributed by atoms with Crippen LogP contribution >= 0.6 is 0 Å². The normalized spacial score (nSPS) is 17.9. The lowest BCUT2D eigenvalue weighted by atomic mass is 9.92. The van der Waals surface area contributed by atoms with Crippen molar-refractivity contribution in [3.63, 3.8) is 0 Å². The molecular formula is C12H11F3O2. The Morgan fingerprint density at radius 2 is 1.94 bits per heavy atom. The monoisotopic (exact) mass is 244 g/mol. The van der Waals surface area contributed by atoms with Gasteiger partial charge in [-0.3, -0.25) is 0 Å². The van der Waals surface area contributed by atoms with Crippen LogP contribution in [0.1, 0.15) is 34.3 Å². The van der Waals surface area contributed by atoms with Crippen LogP contribution in [0.4, 0.5) is 13.2 Å². The van der Waals surface area contributed by atoms with Crippen LogP contribution in [0, 0.1) is 6.92 Å². The summed E-state index contributed by atoms with van der Waals surface area (Å²) in [7, 11) is 0. The highest BCUT2D eigenvalue weighted by Crippen LogP contribution is 2.58. The van der Waals surface area contributed by atoms with Crippen LogP contribution in [0.15, 0.2) is 18.2 Å². The van der Waals surface area contributed by atoms with Crippen molar-refractivity contribution in [1.82, 2.24) is 0 Å². The third-order valence-corrected chi connectivity index (χ3v) is 3.30. The van der Waals surface area contributed by atoms with E-state index in [9.17, 15) is 18.0 Å². The zero-order valence-electron chi connectivity index (χ0n) is 9.14. The summed E-state index contributed by atoms with van der Waals surface area (Å²) in [4.78, 5) is 10.8. The van der Waals surface area contributed by atoms with Crippen molar-refractivity contribution in [3.05, 3.63) is 34.9 Å². The number of hydrogen-bond donors (Lipinski definition) is 1. The zero-order valence-corrected chi connectivity index (χ0v) is 9.14. The fraction of sp³-hybridized carbons (Fsp3) is 0.417. The van der Waals surface area contributed by atoms with Crippen molar-refractivity contribution in [3.8, 4) is 0 Å². The molecular weight excluding hydrogens is 233 g/mol. The Hall–Kier alpha value is -1.52. The first-order valence-electron chi connectivity index (χ1n) is 5.19. The second kappa shape index (κ2) is 3.48. The van der Waals surface area contributed by atoms with Crippen LogP contribution in [0.3, 0.4) is 0 Å². The third-order valence-electron chi connectivity index (χ3n) is 3.30. The van der Waals surface area contributed by atoms with Crippen molar-refractivity contribution in [1.29, 1.82) is 0 Å². The lowest BCUT2D eigenvalue weighted by Crippen LogP contribution is -2.28. The Labute approximate surface area is 96.1 Å². The molecule has 1 fully saturated rings. The van der Waals surface area contributed by atoms with E-state index in [1.54, 1.807) is 0 Å². The molecule has 17 heavy (non-hydrogen) atoms. The Balaban J connectivity index is 2.43. The van der Waals surface area contributed by atoms with E-state index in [-0.39, 0.29) is 24.0 Å². The van der Waals surface area contributed by atoms with Crippen LogP contribution in [0.5, 0.6) is 0 Å². The molecule has 0 aliphatic heterocycles. The Morgan fingerprint density at radius 1 is 1.35 bits per heavy atom. The van der Waals surface area contributed by atoms with E-state index >= 15 is 0 Å². The minimum absolute atomic E-state index is 0.0479. The van der Waals surface area contributed by atoms with Crippen molar-refractivity contribution >= 4 is 5.97 Å². The number of rotatable bonds is 2. The summed E-state index contributed by atoms with van der Waals surface area (Å²) >= 11 is 0. The molecule has 1 aliphatic carbocycles. The molecule has 1 N–H and O–H groups in total. The molecule has 5 heteroatoms. The Kier molecular flexibility index (Phi) is 2.45. The molecule has 1 aliphatic rings. The molecule has 0 bridgehead atoms. The van der Waals surface area contributed by atoms with Gasteiger partial charge in [0.2, 0.25) is 0 Å². The van der Waals surface area contributed by atoms with Gasteiger partial charge in [0.15, 0.2) is 0 Å². The summed E-state index contributed by atoms with van der Waals surface area (Å²) < 4.78 is 38.6. The number of carbonyl (C=O) groups is 1. The number of halogens is 3. The first-order valence-corrected chi connectivity index (χ1v) is 5.19. The quantitative estimate of drug-likeness (QED) is 0.866. The maximum absolute atomic E-state index is 12.9. The minimum atomic E-state index is -4.26. The summed E-state index contributed by atoms with van der Waals surface area (Å²) in [5.41, 5.74) is -1.15. The van der Waals surface area contributed by atoms with Gasteiger partial charge in [0.25, 0.3) is 0 Å². The van der Waals surface area contributed by atoms with Crippen LogP contribution in [0.25, 0.3) is 0 Å². The van der Waals surface area contributed by atoms with Gasteiger partial charge >= 0.3 is 12.1 Å². The van der Waals surface area contributed by atoms with E-state index in [1.807, 2.05) is 0 Å². The van der Waals surface area contributed by atoms with E-state index in [1.165, 1.54) is 25.1 Å². The van der Waals surface area contributed by atoms with Gasteiger partial charge in [-0.25, -0.2) is 4.79 Å². The fourth-order valence-electron chi connectivity index (χ4n) is 2.06. The average Bonchev–Trinajstić information content (AvgIpc) is 2.95. The molecule has 0 saturated heterocycles. The largest absolute Gasteiger partial charge is 0.478 e. The van der Waals surface area contributed by atoms with E-state index < -0.39 is 17.6 Å². The van der Waals surface area contributed by atoms with Crippen LogP contribution in [0.2, 0.25) is 0 Å². The molecule has 0 radical (unpaired) electrons. The molecule has 1 aromatic rings. The number of aromatic carboxylic acids is 1. The fourth-order valence-corrected chi connectivity index (χ4v) is 2.06. The molecule has 0 spiro atoms. The number of alkyl halides is 3. The highest BCUT2D eigenvalue weighted by atomic mass is 19.4. The highest BCUT2D eigenvalue weighted by Gasteiger charge is 2.64. The smallest absolute Gasteiger partial charge is 0.398 e. The lowest BCUT2D eigenvalue weighted by Gasteiger charge is -2.20. The topological polar surface area (TPSA) is 37.3 Å². The zero-order chi connectivity index (χ0) is 12.8. The summed E-state index contributed by atoms with van der Waals surface area (Å²) in [5, 5.41) is 8.81. The van der Waals surface area contributed by atoms with E-state index in [0.29, 0.717) is 5.56 Å². The summed E-state index contributed by atoms with van der Waals surface area (Å²) in [6.07, 6.45) is -4.09. The van der Waals surface area contributed by atoms with Gasteiger partial charge in [0, 0.05) is 0 Å². The molecule has 0 aromatic heterocycles. The molecule has 0 atom stereocenters. The molecule has 0 unspecified atom stereocenters. The first kappa shape index (κ1) is 12.0. The number of benzene rings is 1. The lowest BCUT2D eigenvalue weighted by molar-refractivity contribution is -0.160. The summed E-state index contributed by atoms with van der Waals surface area (Å²) in [6, 6.07) is 3.86. The van der Waals surface area contributed by atoms with Crippen molar-refractivity contribution in [2.75, 3.05) is 0 Å². The van der Waals surface area contributed by atoms with Gasteiger partial charge in [-0.1, -0.05) is 12.1 Å². The number of carboxylic acid groups (broad SMARTS) is 1. The second-order valence-electron chi connectivity index (χ2n) is 4.41. The molecule has 1 aromatic carbocycles. The average molecular weight is 244 g/mol. The Morgan fingerprint density at radius 3 is 2.29 bits per heavy atom. The van der Waals surface area contributed by atoms with Crippen LogP contribution < -0.4 is 0 Å². The SMILES string of the molecule is Cc1cc(C2(C(F)(F)F)CC2)ccc1C(=O)O. The maximum Gasteiger partial charge on any atom is 0.398 e. The standard InChI is InChI=1S/C12H11F3O2/c1-7-6-8(2-3-9(7)10(16)17)11(4-5-11)12(13,14)15/h2-3,6H,4-5H2,1H3,(H,16,17). The molecule has 2 nitrogen and oxygen atoms in total. The molecule has 1 saturated carbocycles. The molecule has 2 rings (SSSR count). The number of carboxylic acids is 1. The van der Waals surface area contributed by atoms with Gasteiger partial charge in [-0.15, -0.1) is 0 Å². The van der Waals surface area contributed by atoms with Gasteiger partial charge in [0.1, 0.15) is 0 Å². The highest BCUT2D eigenvalue weighted by molar-refractivity contribution is 5.89. The van der Waals surface area contributed by atoms with Gasteiger partial charge in [0.05, 0.1) is 11.0 Å². The third kappa shape index (κ3) is 1.79.